The zero-order chi connectivity index (χ0) is 28.8. The van der Waals surface area contributed by atoms with Gasteiger partial charge in [0, 0.05) is 25.4 Å². The standard InChI is InChI=1S/C28H38N8O4/c1-15(2)35(21(37)8-6-7-20-33-17-10-9-16(28(3,4)5)11-18(17)34-20)12-19-23(38)24(39)27(40-19)36-14-32-22-25(29)30-13-31-26(22)36/h9-11,13-15,19,23-24,27,38-39H,6-8,12H2,1-5H3,(H,33,34)(H2,29,30,31)/t19-,23-,24-,27?/m1/s1. The molecule has 0 bridgehead atoms. The van der Waals surface area contributed by atoms with E-state index in [1.807, 2.05) is 13.8 Å². The van der Waals surface area contributed by atoms with Crippen LogP contribution in [0.4, 0.5) is 5.82 Å². The quantitative estimate of drug-likeness (QED) is 0.257. The largest absolute Gasteiger partial charge is 0.387 e. The van der Waals surface area contributed by atoms with Crippen molar-refractivity contribution in [3.63, 3.8) is 0 Å². The fourth-order valence-corrected chi connectivity index (χ4v) is 5.15. The van der Waals surface area contributed by atoms with Crippen LogP contribution in [0.1, 0.15) is 65.1 Å². The number of hydrogen-bond donors (Lipinski definition) is 4. The van der Waals surface area contributed by atoms with E-state index in [-0.39, 0.29) is 29.7 Å². The number of aromatic amines is 1. The molecule has 1 amide bonds. The van der Waals surface area contributed by atoms with Crippen molar-refractivity contribution < 1.29 is 19.7 Å². The van der Waals surface area contributed by atoms with Crippen LogP contribution in [0.2, 0.25) is 0 Å². The Kier molecular flexibility index (Phi) is 7.51. The minimum absolute atomic E-state index is 0.0433. The SMILES string of the molecule is CC(C)N(C[C@H]1OC(n2cnc3c(N)ncnc32)[C@H](O)[C@@H]1O)C(=O)CCCc1nc2cc(C(C)(C)C)ccc2[nH]1. The number of nitrogens with zero attached hydrogens (tertiary/aromatic N) is 6. The van der Waals surface area contributed by atoms with Crippen LogP contribution in [0.3, 0.4) is 0 Å². The maximum absolute atomic E-state index is 13.3. The lowest BCUT2D eigenvalue weighted by molar-refractivity contribution is -0.136. The van der Waals surface area contributed by atoms with Crippen LogP contribution in [0, 0.1) is 0 Å². The number of aryl methyl sites for hydroxylation is 1. The average molecular weight is 551 g/mol. The van der Waals surface area contributed by atoms with Crippen molar-refractivity contribution in [1.29, 1.82) is 0 Å². The Morgan fingerprint density at radius 1 is 1.20 bits per heavy atom. The summed E-state index contributed by atoms with van der Waals surface area (Å²) in [6, 6.07) is 6.17. The van der Waals surface area contributed by atoms with Crippen molar-refractivity contribution in [3.05, 3.63) is 42.2 Å². The highest BCUT2D eigenvalue weighted by Crippen LogP contribution is 2.33. The van der Waals surface area contributed by atoms with Gasteiger partial charge in [-0.25, -0.2) is 19.9 Å². The molecule has 40 heavy (non-hydrogen) atoms. The van der Waals surface area contributed by atoms with Gasteiger partial charge in [-0.3, -0.25) is 9.36 Å². The number of rotatable bonds is 8. The van der Waals surface area contributed by atoms with E-state index in [2.05, 4.69) is 58.9 Å². The number of aliphatic hydroxyl groups is 2. The molecule has 0 aliphatic carbocycles. The number of benzene rings is 1. The zero-order valence-corrected chi connectivity index (χ0v) is 23.6. The molecule has 5 N–H and O–H groups in total. The Labute approximate surface area is 232 Å². The molecule has 5 rings (SSSR count). The van der Waals surface area contributed by atoms with Crippen LogP contribution in [0.15, 0.2) is 30.9 Å². The monoisotopic (exact) mass is 550 g/mol. The van der Waals surface area contributed by atoms with Gasteiger partial charge in [-0.1, -0.05) is 26.8 Å². The molecule has 1 aromatic carbocycles. The highest BCUT2D eigenvalue weighted by molar-refractivity contribution is 5.81. The maximum Gasteiger partial charge on any atom is 0.222 e. The van der Waals surface area contributed by atoms with Crippen LogP contribution >= 0.6 is 0 Å². The van der Waals surface area contributed by atoms with Crippen molar-refractivity contribution in [3.8, 4) is 0 Å². The summed E-state index contributed by atoms with van der Waals surface area (Å²) in [7, 11) is 0. The van der Waals surface area contributed by atoms with Crippen molar-refractivity contribution in [2.24, 2.45) is 0 Å². The molecule has 1 unspecified atom stereocenters. The van der Waals surface area contributed by atoms with Crippen molar-refractivity contribution in [2.45, 2.75) is 89.9 Å². The second-order valence-electron chi connectivity index (χ2n) is 11.8. The summed E-state index contributed by atoms with van der Waals surface area (Å²) in [6.45, 7) is 10.5. The molecule has 1 saturated heterocycles. The lowest BCUT2D eigenvalue weighted by atomic mass is 9.87. The third-order valence-electron chi connectivity index (χ3n) is 7.52. The number of nitrogens with one attached hydrogen (secondary N) is 1. The third-order valence-corrected chi connectivity index (χ3v) is 7.52. The Bertz CT molecular complexity index is 1510. The van der Waals surface area contributed by atoms with Crippen LogP contribution in [-0.4, -0.2) is 81.4 Å². The van der Waals surface area contributed by atoms with Gasteiger partial charge < -0.3 is 30.6 Å². The third kappa shape index (κ3) is 5.38. The second-order valence-corrected chi connectivity index (χ2v) is 11.8. The molecule has 0 radical (unpaired) electrons. The topological polar surface area (TPSA) is 168 Å². The maximum atomic E-state index is 13.3. The summed E-state index contributed by atoms with van der Waals surface area (Å²) in [6.07, 6.45) is 0.156. The normalized spacial score (nSPS) is 21.6. The van der Waals surface area contributed by atoms with Gasteiger partial charge in [0.1, 0.15) is 36.0 Å². The summed E-state index contributed by atoms with van der Waals surface area (Å²) in [5, 5.41) is 21.6. The first-order valence-electron chi connectivity index (χ1n) is 13.7. The Hall–Kier alpha value is -3.61. The van der Waals surface area contributed by atoms with Crippen molar-refractivity contribution in [1.82, 2.24) is 34.4 Å². The molecular weight excluding hydrogens is 512 g/mol. The number of anilines is 1. The predicted molar refractivity (Wildman–Crippen MR) is 150 cm³/mol. The molecule has 0 spiro atoms. The summed E-state index contributed by atoms with van der Waals surface area (Å²) in [4.78, 5) is 35.4. The van der Waals surface area contributed by atoms with E-state index in [0.717, 1.165) is 16.9 Å². The number of aliphatic hydroxyl groups excluding tert-OH is 2. The fourth-order valence-electron chi connectivity index (χ4n) is 5.15. The number of hydrogen-bond acceptors (Lipinski definition) is 9. The van der Waals surface area contributed by atoms with E-state index >= 15 is 0 Å². The number of carbonyl (C=O) groups excluding carboxylic acids is 1. The van der Waals surface area contributed by atoms with Crippen molar-refractivity contribution >= 4 is 33.9 Å². The molecule has 3 aromatic heterocycles. The van der Waals surface area contributed by atoms with E-state index in [1.165, 1.54) is 22.8 Å². The lowest BCUT2D eigenvalue weighted by Crippen LogP contribution is -2.45. The number of nitrogen functional groups attached to an aromatic ring is 1. The van der Waals surface area contributed by atoms with E-state index in [0.29, 0.717) is 30.4 Å². The fraction of sp³-hybridized carbons (Fsp3) is 0.536. The number of amides is 1. The van der Waals surface area contributed by atoms with Gasteiger partial charge in [-0.15, -0.1) is 0 Å². The smallest absolute Gasteiger partial charge is 0.222 e. The van der Waals surface area contributed by atoms with Gasteiger partial charge in [0.25, 0.3) is 0 Å². The van der Waals surface area contributed by atoms with Gasteiger partial charge in [-0.2, -0.15) is 0 Å². The lowest BCUT2D eigenvalue weighted by Gasteiger charge is -2.30. The van der Waals surface area contributed by atoms with Crippen LogP contribution in [-0.2, 0) is 21.4 Å². The first-order valence-corrected chi connectivity index (χ1v) is 13.7. The molecular formula is C28H38N8O4. The second kappa shape index (κ2) is 10.8. The number of H-pyrrole nitrogens is 1. The van der Waals surface area contributed by atoms with Gasteiger partial charge in [0.2, 0.25) is 5.91 Å². The number of nitrogens with two attached hydrogens (primary N) is 1. The molecule has 4 heterocycles. The number of fused-ring (bicyclic) bond motifs is 2. The first kappa shape index (κ1) is 27.9. The first-order chi connectivity index (χ1) is 18.9. The summed E-state index contributed by atoms with van der Waals surface area (Å²) >= 11 is 0. The van der Waals surface area contributed by atoms with Gasteiger partial charge >= 0.3 is 0 Å². The summed E-state index contributed by atoms with van der Waals surface area (Å²) in [5.41, 5.74) is 9.83. The predicted octanol–water partition coefficient (Wildman–Crippen LogP) is 2.46. The molecule has 4 atom stereocenters. The van der Waals surface area contributed by atoms with Gasteiger partial charge in [0.15, 0.2) is 17.7 Å². The zero-order valence-electron chi connectivity index (χ0n) is 23.6. The van der Waals surface area contributed by atoms with E-state index in [4.69, 9.17) is 15.5 Å². The Morgan fingerprint density at radius 3 is 2.70 bits per heavy atom. The van der Waals surface area contributed by atoms with Gasteiger partial charge in [-0.05, 0) is 43.4 Å². The summed E-state index contributed by atoms with van der Waals surface area (Å²) < 4.78 is 7.59. The molecule has 214 valence electrons. The molecule has 12 nitrogen and oxygen atoms in total. The van der Waals surface area contributed by atoms with E-state index < -0.39 is 24.5 Å². The highest BCUT2D eigenvalue weighted by Gasteiger charge is 2.45. The minimum atomic E-state index is -1.24. The Balaban J connectivity index is 1.22. The summed E-state index contributed by atoms with van der Waals surface area (Å²) in [5.74, 6) is 1.01. The van der Waals surface area contributed by atoms with Crippen LogP contribution in [0.5, 0.6) is 0 Å². The van der Waals surface area contributed by atoms with E-state index in [1.54, 1.807) is 4.90 Å². The molecule has 12 heteroatoms. The van der Waals surface area contributed by atoms with Gasteiger partial charge in [0.05, 0.1) is 17.4 Å². The average Bonchev–Trinajstić information content (AvgIpc) is 3.58. The highest BCUT2D eigenvalue weighted by atomic mass is 16.6. The molecule has 1 aliphatic heterocycles. The Morgan fingerprint density at radius 2 is 1.98 bits per heavy atom. The number of imidazole rings is 2. The number of aromatic nitrogens is 6. The van der Waals surface area contributed by atoms with E-state index in [9.17, 15) is 15.0 Å². The minimum Gasteiger partial charge on any atom is -0.387 e. The molecule has 0 saturated carbocycles. The molecule has 1 fully saturated rings. The molecule has 1 aliphatic rings. The van der Waals surface area contributed by atoms with Crippen LogP contribution < -0.4 is 5.73 Å². The number of ether oxygens (including phenoxy) is 1. The van der Waals surface area contributed by atoms with Crippen LogP contribution in [0.25, 0.3) is 22.2 Å². The molecule has 4 aromatic rings. The van der Waals surface area contributed by atoms with Crippen molar-refractivity contribution in [2.75, 3.05) is 12.3 Å². The number of carbonyl (C=O) groups is 1.